The maximum atomic E-state index is 2.47. The molecular weight excluding hydrogens is 725 g/mol. The van der Waals surface area contributed by atoms with Crippen molar-refractivity contribution in [2.75, 3.05) is 0 Å². The van der Waals surface area contributed by atoms with Gasteiger partial charge in [0.25, 0.3) is 0 Å². The average molecular weight is 765 g/mol. The second kappa shape index (κ2) is 13.4. The van der Waals surface area contributed by atoms with Crippen LogP contribution in [0.2, 0.25) is 0 Å². The van der Waals surface area contributed by atoms with Gasteiger partial charge in [0.05, 0.1) is 0 Å². The zero-order valence-electron chi connectivity index (χ0n) is 33.5. The summed E-state index contributed by atoms with van der Waals surface area (Å²) in [6.07, 6.45) is 0. The van der Waals surface area contributed by atoms with Crippen LogP contribution in [0, 0.1) is 0 Å². The first-order chi connectivity index (χ1) is 29.6. The standard InChI is InChI=1S/C58H40N2/c1-59-54-25-11-9-19-44(54)52-34-40(28-31-56(52)59)42-21-13-23-46-50(42)36-51-43(41-29-32-57-53(35-41)45-20-10-12-26-55(45)60(57)2)22-14-24-47(51)58(46)48-30-27-39(37-15-5-3-6-16-37)33-49(48)38-17-7-4-8-18-38/h3-36H,1-2H3. The predicted molar refractivity (Wildman–Crippen MR) is 257 cm³/mol. The Kier molecular flexibility index (Phi) is 7.70. The van der Waals surface area contributed by atoms with E-state index < -0.39 is 0 Å². The average Bonchev–Trinajstić information content (AvgIpc) is 3.77. The normalized spacial score (nSPS) is 11.8. The molecule has 0 aliphatic carbocycles. The molecule has 0 saturated carbocycles. The Labute approximate surface area is 348 Å². The van der Waals surface area contributed by atoms with Crippen LogP contribution in [0.1, 0.15) is 0 Å². The molecule has 0 radical (unpaired) electrons. The van der Waals surface area contributed by atoms with Crippen LogP contribution in [0.5, 0.6) is 0 Å². The number of nitrogens with zero attached hydrogens (tertiary/aromatic N) is 2. The highest BCUT2D eigenvalue weighted by Crippen LogP contribution is 2.47. The van der Waals surface area contributed by atoms with Crippen LogP contribution in [0.25, 0.3) is 121 Å². The number of benzene rings is 10. The number of hydrogen-bond acceptors (Lipinski definition) is 0. The molecule has 0 atom stereocenters. The highest BCUT2D eigenvalue weighted by Gasteiger charge is 2.20. The fraction of sp³-hybridized carbons (Fsp3) is 0.0345. The van der Waals surface area contributed by atoms with Gasteiger partial charge in [-0.2, -0.15) is 0 Å². The van der Waals surface area contributed by atoms with E-state index in [0.717, 1.165) is 0 Å². The fourth-order valence-corrected chi connectivity index (χ4v) is 10.1. The summed E-state index contributed by atoms with van der Waals surface area (Å²) in [6, 6.07) is 76.5. The largest absolute Gasteiger partial charge is 0.344 e. The van der Waals surface area contributed by atoms with E-state index in [9.17, 15) is 0 Å². The molecular formula is C58H40N2. The van der Waals surface area contributed by atoms with Crippen molar-refractivity contribution in [3.05, 3.63) is 206 Å². The Morgan fingerprint density at radius 1 is 0.233 bits per heavy atom. The Hall–Kier alpha value is -7.68. The highest BCUT2D eigenvalue weighted by atomic mass is 14.9. The van der Waals surface area contributed by atoms with E-state index in [1.54, 1.807) is 0 Å². The molecule has 0 fully saturated rings. The molecule has 282 valence electrons. The van der Waals surface area contributed by atoms with Crippen LogP contribution in [0.15, 0.2) is 206 Å². The van der Waals surface area contributed by atoms with Gasteiger partial charge in [-0.25, -0.2) is 0 Å². The van der Waals surface area contributed by atoms with E-state index in [-0.39, 0.29) is 0 Å². The minimum absolute atomic E-state index is 1.20. The van der Waals surface area contributed by atoms with Crippen LogP contribution >= 0.6 is 0 Å². The van der Waals surface area contributed by atoms with Gasteiger partial charge in [0.15, 0.2) is 0 Å². The van der Waals surface area contributed by atoms with Crippen molar-refractivity contribution in [3.63, 3.8) is 0 Å². The molecule has 0 bridgehead atoms. The lowest BCUT2D eigenvalue weighted by Gasteiger charge is -2.20. The molecule has 0 aliphatic heterocycles. The molecule has 0 unspecified atom stereocenters. The maximum absolute atomic E-state index is 2.47. The van der Waals surface area contributed by atoms with Crippen molar-refractivity contribution >= 4 is 65.2 Å². The number of rotatable bonds is 5. The topological polar surface area (TPSA) is 9.86 Å². The van der Waals surface area contributed by atoms with Crippen molar-refractivity contribution in [1.82, 2.24) is 9.13 Å². The van der Waals surface area contributed by atoms with Crippen molar-refractivity contribution in [3.8, 4) is 55.6 Å². The summed E-state index contributed by atoms with van der Waals surface area (Å²) in [5.74, 6) is 0. The maximum Gasteiger partial charge on any atom is 0.0489 e. The molecule has 2 heteroatoms. The Balaban J connectivity index is 1.18. The van der Waals surface area contributed by atoms with E-state index in [2.05, 4.69) is 229 Å². The lowest BCUT2D eigenvalue weighted by atomic mass is 9.83. The molecule has 2 heterocycles. The highest BCUT2D eigenvalue weighted by molar-refractivity contribution is 6.21. The van der Waals surface area contributed by atoms with Gasteiger partial charge in [-0.15, -0.1) is 0 Å². The Morgan fingerprint density at radius 3 is 1.23 bits per heavy atom. The van der Waals surface area contributed by atoms with Crippen molar-refractivity contribution in [2.45, 2.75) is 0 Å². The Morgan fingerprint density at radius 2 is 0.683 bits per heavy atom. The van der Waals surface area contributed by atoms with E-state index in [1.165, 1.54) is 121 Å². The molecule has 0 amide bonds. The number of aromatic nitrogens is 2. The van der Waals surface area contributed by atoms with Gasteiger partial charge in [0.2, 0.25) is 0 Å². The van der Waals surface area contributed by atoms with Crippen LogP contribution in [0.3, 0.4) is 0 Å². The van der Waals surface area contributed by atoms with Gasteiger partial charge in [-0.1, -0.05) is 158 Å². The lowest BCUT2D eigenvalue weighted by Crippen LogP contribution is -1.93. The first-order valence-electron chi connectivity index (χ1n) is 20.8. The number of hydrogen-bond donors (Lipinski definition) is 0. The number of para-hydroxylation sites is 2. The second-order valence-electron chi connectivity index (χ2n) is 16.2. The van der Waals surface area contributed by atoms with Crippen molar-refractivity contribution in [2.24, 2.45) is 14.1 Å². The van der Waals surface area contributed by atoms with Crippen LogP contribution in [-0.4, -0.2) is 9.13 Å². The lowest BCUT2D eigenvalue weighted by molar-refractivity contribution is 1.01. The van der Waals surface area contributed by atoms with Crippen LogP contribution in [0.4, 0.5) is 0 Å². The molecule has 10 aromatic carbocycles. The quantitative estimate of drug-likeness (QED) is 0.155. The van der Waals surface area contributed by atoms with Gasteiger partial charge in [-0.05, 0) is 126 Å². The van der Waals surface area contributed by atoms with E-state index in [4.69, 9.17) is 0 Å². The molecule has 0 spiro atoms. The van der Waals surface area contributed by atoms with Crippen molar-refractivity contribution < 1.29 is 0 Å². The first kappa shape index (κ1) is 34.4. The second-order valence-corrected chi connectivity index (χ2v) is 16.2. The van der Waals surface area contributed by atoms with E-state index in [0.29, 0.717) is 0 Å². The predicted octanol–water partition coefficient (Wildman–Crippen LogP) is 15.6. The number of aryl methyl sites for hydroxylation is 2. The van der Waals surface area contributed by atoms with E-state index in [1.807, 2.05) is 0 Å². The summed E-state index contributed by atoms with van der Waals surface area (Å²) in [6.45, 7) is 0. The molecule has 0 N–H and O–H groups in total. The van der Waals surface area contributed by atoms with Gasteiger partial charge in [0, 0.05) is 57.7 Å². The van der Waals surface area contributed by atoms with Gasteiger partial charge < -0.3 is 9.13 Å². The SMILES string of the molecule is Cn1c2ccccc2c2cc(-c3cccc4c(-c5ccc(-c6ccccc6)cc5-c5ccccc5)c5cccc(-c6ccc7c(c6)c6ccccc6n7C)c5cc34)ccc21. The molecule has 2 aromatic heterocycles. The third-order valence-electron chi connectivity index (χ3n) is 13.0. The third-order valence-corrected chi connectivity index (χ3v) is 13.0. The summed E-state index contributed by atoms with van der Waals surface area (Å²) in [5.41, 5.74) is 17.2. The first-order valence-corrected chi connectivity index (χ1v) is 20.8. The van der Waals surface area contributed by atoms with Gasteiger partial charge in [-0.3, -0.25) is 0 Å². The number of fused-ring (bicyclic) bond motifs is 8. The zero-order chi connectivity index (χ0) is 39.9. The monoisotopic (exact) mass is 764 g/mol. The smallest absolute Gasteiger partial charge is 0.0489 e. The zero-order valence-corrected chi connectivity index (χ0v) is 33.5. The summed E-state index contributed by atoms with van der Waals surface area (Å²) in [4.78, 5) is 0. The minimum atomic E-state index is 1.20. The van der Waals surface area contributed by atoms with Gasteiger partial charge >= 0.3 is 0 Å². The summed E-state index contributed by atoms with van der Waals surface area (Å²) in [7, 11) is 4.34. The molecule has 12 aromatic rings. The minimum Gasteiger partial charge on any atom is -0.344 e. The molecule has 60 heavy (non-hydrogen) atoms. The molecule has 0 saturated heterocycles. The molecule has 2 nitrogen and oxygen atoms in total. The summed E-state index contributed by atoms with van der Waals surface area (Å²) in [5, 5.41) is 10.1. The third kappa shape index (κ3) is 5.21. The Bertz CT molecular complexity index is 3480. The van der Waals surface area contributed by atoms with Crippen LogP contribution < -0.4 is 0 Å². The molecule has 12 rings (SSSR count). The summed E-state index contributed by atoms with van der Waals surface area (Å²) >= 11 is 0. The van der Waals surface area contributed by atoms with Crippen molar-refractivity contribution in [1.29, 1.82) is 0 Å². The fourth-order valence-electron chi connectivity index (χ4n) is 10.1. The van der Waals surface area contributed by atoms with Gasteiger partial charge in [0.1, 0.15) is 0 Å². The van der Waals surface area contributed by atoms with Crippen LogP contribution in [-0.2, 0) is 14.1 Å². The summed E-state index contributed by atoms with van der Waals surface area (Å²) < 4.78 is 4.62. The van der Waals surface area contributed by atoms with E-state index >= 15 is 0 Å². The molecule has 0 aliphatic rings.